The molecule has 2 rings (SSSR count). The zero-order valence-electron chi connectivity index (χ0n) is 9.47. The van der Waals surface area contributed by atoms with Crippen molar-refractivity contribution in [3.05, 3.63) is 34.3 Å². The first-order valence-corrected chi connectivity index (χ1v) is 5.38. The van der Waals surface area contributed by atoms with E-state index in [4.69, 9.17) is 9.52 Å². The van der Waals surface area contributed by atoms with Crippen LogP contribution in [0.2, 0.25) is 0 Å². The molecular weight excluding hydrogens is 222 g/mol. The summed E-state index contributed by atoms with van der Waals surface area (Å²) in [7, 11) is 1.65. The Labute approximate surface area is 97.3 Å². The molecule has 0 fully saturated rings. The first kappa shape index (κ1) is 11.4. The van der Waals surface area contributed by atoms with E-state index >= 15 is 0 Å². The fourth-order valence-electron chi connectivity index (χ4n) is 1.78. The molecule has 90 valence electrons. The van der Waals surface area contributed by atoms with Crippen LogP contribution in [0, 0.1) is 0 Å². The number of rotatable bonds is 4. The molecule has 17 heavy (non-hydrogen) atoms. The summed E-state index contributed by atoms with van der Waals surface area (Å²) in [5.41, 5.74) is 2.27. The minimum atomic E-state index is -0.794. The number of hydrogen-bond donors (Lipinski definition) is 1. The topological polar surface area (TPSA) is 72.4 Å². The van der Waals surface area contributed by atoms with Gasteiger partial charge in [-0.25, -0.2) is 4.79 Å². The molecule has 1 heterocycles. The second kappa shape index (κ2) is 4.45. The van der Waals surface area contributed by atoms with Crippen LogP contribution in [-0.4, -0.2) is 15.6 Å². The van der Waals surface area contributed by atoms with Crippen molar-refractivity contribution in [2.45, 2.75) is 19.3 Å². The summed E-state index contributed by atoms with van der Waals surface area (Å²) in [5.74, 6) is -1.18. The molecule has 0 saturated heterocycles. The van der Waals surface area contributed by atoms with Crippen LogP contribution in [0.15, 0.2) is 27.4 Å². The van der Waals surface area contributed by atoms with Crippen molar-refractivity contribution in [2.75, 3.05) is 0 Å². The molecule has 1 aromatic carbocycles. The third-order valence-corrected chi connectivity index (χ3v) is 2.71. The van der Waals surface area contributed by atoms with E-state index in [1.807, 2.05) is 12.1 Å². The van der Waals surface area contributed by atoms with E-state index in [0.29, 0.717) is 18.4 Å². The Bertz CT molecular complexity index is 608. The molecule has 0 aliphatic heterocycles. The van der Waals surface area contributed by atoms with E-state index in [0.717, 1.165) is 11.1 Å². The van der Waals surface area contributed by atoms with Crippen LogP contribution in [0.25, 0.3) is 11.1 Å². The van der Waals surface area contributed by atoms with E-state index in [1.165, 1.54) is 4.57 Å². The zero-order chi connectivity index (χ0) is 12.4. The molecule has 0 unspecified atom stereocenters. The summed E-state index contributed by atoms with van der Waals surface area (Å²) < 4.78 is 6.50. The summed E-state index contributed by atoms with van der Waals surface area (Å²) >= 11 is 0. The van der Waals surface area contributed by atoms with Crippen molar-refractivity contribution >= 4 is 17.1 Å². The van der Waals surface area contributed by atoms with Crippen molar-refractivity contribution in [3.8, 4) is 0 Å². The smallest absolute Gasteiger partial charge is 0.419 e. The lowest BCUT2D eigenvalue weighted by Gasteiger charge is -1.99. The minimum Gasteiger partial charge on any atom is -0.481 e. The van der Waals surface area contributed by atoms with Crippen LogP contribution < -0.4 is 5.76 Å². The summed E-state index contributed by atoms with van der Waals surface area (Å²) in [5, 5.41) is 8.54. The van der Waals surface area contributed by atoms with Gasteiger partial charge in [0.15, 0.2) is 5.58 Å². The monoisotopic (exact) mass is 235 g/mol. The Hall–Kier alpha value is -2.04. The number of fused-ring (bicyclic) bond motifs is 1. The normalized spacial score (nSPS) is 10.9. The van der Waals surface area contributed by atoms with Gasteiger partial charge in [-0.05, 0) is 30.5 Å². The maximum absolute atomic E-state index is 11.3. The lowest BCUT2D eigenvalue weighted by molar-refractivity contribution is -0.137. The maximum atomic E-state index is 11.3. The lowest BCUT2D eigenvalue weighted by atomic mass is 10.1. The number of aryl methyl sites for hydroxylation is 2. The highest BCUT2D eigenvalue weighted by Gasteiger charge is 2.06. The quantitative estimate of drug-likeness (QED) is 0.872. The molecule has 0 spiro atoms. The zero-order valence-corrected chi connectivity index (χ0v) is 9.47. The standard InChI is InChI=1S/C12H13NO4/c1-13-9-6-5-8(3-2-4-11(14)15)7-10(9)17-12(13)16/h5-7H,2-4H2,1H3,(H,14,15). The molecule has 0 radical (unpaired) electrons. The van der Waals surface area contributed by atoms with Crippen LogP contribution in [0.4, 0.5) is 0 Å². The third kappa shape index (κ3) is 2.38. The molecular formula is C12H13NO4. The van der Waals surface area contributed by atoms with Crippen LogP contribution >= 0.6 is 0 Å². The molecule has 0 aliphatic carbocycles. The molecule has 1 aromatic heterocycles. The van der Waals surface area contributed by atoms with Gasteiger partial charge >= 0.3 is 11.7 Å². The third-order valence-electron chi connectivity index (χ3n) is 2.71. The molecule has 0 bridgehead atoms. The van der Waals surface area contributed by atoms with Gasteiger partial charge in [0.05, 0.1) is 5.52 Å². The number of carboxylic acid groups (broad SMARTS) is 1. The number of carboxylic acids is 1. The lowest BCUT2D eigenvalue weighted by Crippen LogP contribution is -2.08. The average molecular weight is 235 g/mol. The van der Waals surface area contributed by atoms with Crippen LogP contribution in [0.5, 0.6) is 0 Å². The van der Waals surface area contributed by atoms with E-state index < -0.39 is 5.97 Å². The maximum Gasteiger partial charge on any atom is 0.419 e. The number of aromatic nitrogens is 1. The van der Waals surface area contributed by atoms with Crippen molar-refractivity contribution in [1.29, 1.82) is 0 Å². The number of nitrogens with zero attached hydrogens (tertiary/aromatic N) is 1. The predicted octanol–water partition coefficient (Wildman–Crippen LogP) is 1.54. The highest BCUT2D eigenvalue weighted by molar-refractivity contribution is 5.73. The molecule has 0 aliphatic rings. The molecule has 2 aromatic rings. The Balaban J connectivity index is 2.20. The molecule has 5 nitrogen and oxygen atoms in total. The van der Waals surface area contributed by atoms with Gasteiger partial charge in [-0.1, -0.05) is 6.07 Å². The van der Waals surface area contributed by atoms with Gasteiger partial charge in [-0.2, -0.15) is 0 Å². The van der Waals surface area contributed by atoms with E-state index in [9.17, 15) is 9.59 Å². The van der Waals surface area contributed by atoms with Crippen molar-refractivity contribution in [1.82, 2.24) is 4.57 Å². The van der Waals surface area contributed by atoms with Crippen LogP contribution in [0.3, 0.4) is 0 Å². The summed E-state index contributed by atoms with van der Waals surface area (Å²) in [4.78, 5) is 21.7. The first-order chi connectivity index (χ1) is 8.08. The van der Waals surface area contributed by atoms with Crippen molar-refractivity contribution in [3.63, 3.8) is 0 Å². The fraction of sp³-hybridized carbons (Fsp3) is 0.333. The Morgan fingerprint density at radius 3 is 2.94 bits per heavy atom. The molecule has 0 amide bonds. The SMILES string of the molecule is Cn1c(=O)oc2cc(CCCC(=O)O)ccc21. The van der Waals surface area contributed by atoms with E-state index in [2.05, 4.69) is 0 Å². The summed E-state index contributed by atoms with van der Waals surface area (Å²) in [6.07, 6.45) is 1.40. The van der Waals surface area contributed by atoms with Gasteiger partial charge in [0, 0.05) is 13.5 Å². The minimum absolute atomic E-state index is 0.150. The van der Waals surface area contributed by atoms with Gasteiger partial charge in [0.25, 0.3) is 0 Å². The highest BCUT2D eigenvalue weighted by atomic mass is 16.4. The molecule has 0 saturated carbocycles. The van der Waals surface area contributed by atoms with Gasteiger partial charge in [-0.3, -0.25) is 9.36 Å². The predicted molar refractivity (Wildman–Crippen MR) is 62.0 cm³/mol. The summed E-state index contributed by atoms with van der Waals surface area (Å²) in [6.45, 7) is 0. The number of benzene rings is 1. The van der Waals surface area contributed by atoms with Crippen molar-refractivity contribution in [2.24, 2.45) is 7.05 Å². The molecule has 0 atom stereocenters. The Morgan fingerprint density at radius 2 is 2.24 bits per heavy atom. The van der Waals surface area contributed by atoms with Gasteiger partial charge in [-0.15, -0.1) is 0 Å². The second-order valence-electron chi connectivity index (χ2n) is 3.98. The number of aliphatic carboxylic acids is 1. The van der Waals surface area contributed by atoms with Crippen LogP contribution in [0.1, 0.15) is 18.4 Å². The highest BCUT2D eigenvalue weighted by Crippen LogP contribution is 2.15. The van der Waals surface area contributed by atoms with Crippen molar-refractivity contribution < 1.29 is 14.3 Å². The molecule has 5 heteroatoms. The first-order valence-electron chi connectivity index (χ1n) is 5.38. The van der Waals surface area contributed by atoms with Gasteiger partial charge in [0.2, 0.25) is 0 Å². The van der Waals surface area contributed by atoms with E-state index in [1.54, 1.807) is 13.1 Å². The van der Waals surface area contributed by atoms with Crippen LogP contribution in [-0.2, 0) is 18.3 Å². The van der Waals surface area contributed by atoms with Gasteiger partial charge in [0.1, 0.15) is 0 Å². The summed E-state index contributed by atoms with van der Waals surface area (Å²) in [6, 6.07) is 5.49. The van der Waals surface area contributed by atoms with E-state index in [-0.39, 0.29) is 12.2 Å². The number of carbonyl (C=O) groups is 1. The molecule has 1 N–H and O–H groups in total. The number of hydrogen-bond acceptors (Lipinski definition) is 3. The largest absolute Gasteiger partial charge is 0.481 e. The average Bonchev–Trinajstić information content (AvgIpc) is 2.54. The fourth-order valence-corrected chi connectivity index (χ4v) is 1.78. The number of oxazole rings is 1. The second-order valence-corrected chi connectivity index (χ2v) is 3.98. The Kier molecular flexibility index (Phi) is 2.99. The van der Waals surface area contributed by atoms with Gasteiger partial charge < -0.3 is 9.52 Å². The Morgan fingerprint density at radius 1 is 1.47 bits per heavy atom.